The third kappa shape index (κ3) is 4.09. The van der Waals surface area contributed by atoms with Crippen molar-refractivity contribution in [1.29, 1.82) is 0 Å². The first kappa shape index (κ1) is 20.4. The number of sulfone groups is 1. The Morgan fingerprint density at radius 2 is 1.93 bits per heavy atom. The van der Waals surface area contributed by atoms with Crippen LogP contribution in [-0.4, -0.2) is 37.9 Å². The smallest absolute Gasteiger partial charge is 0.279 e. The highest BCUT2D eigenvalue weighted by Crippen LogP contribution is 2.19. The molecule has 0 bridgehead atoms. The Hall–Kier alpha value is -2.29. The van der Waals surface area contributed by atoms with E-state index in [1.54, 1.807) is 33.1 Å². The van der Waals surface area contributed by atoms with Gasteiger partial charge in [-0.05, 0) is 44.2 Å². The lowest BCUT2D eigenvalue weighted by molar-refractivity contribution is 0.0997. The quantitative estimate of drug-likeness (QED) is 0.616. The predicted octanol–water partition coefficient (Wildman–Crippen LogP) is 3.27. The molecular weight excluding hydrogens is 396 g/mol. The molecule has 1 heterocycles. The van der Waals surface area contributed by atoms with E-state index in [-0.39, 0.29) is 10.5 Å². The van der Waals surface area contributed by atoms with E-state index in [0.29, 0.717) is 18.0 Å². The standard InChI is InChI=1S/C20H22N2O4S2/c1-14(2)28(24,25)16-8-6-7-15(13-16)19(23)21-20-22(11-12-26-3)17-9-4-5-10-18(17)27-20/h4-10,13-14H,11-12H2,1-3H3. The van der Waals surface area contributed by atoms with Gasteiger partial charge in [0.1, 0.15) is 0 Å². The highest BCUT2D eigenvalue weighted by Gasteiger charge is 2.20. The lowest BCUT2D eigenvalue weighted by atomic mass is 10.2. The highest BCUT2D eigenvalue weighted by atomic mass is 32.2. The number of nitrogens with zero attached hydrogens (tertiary/aromatic N) is 2. The van der Waals surface area contributed by atoms with Crippen LogP contribution in [0.2, 0.25) is 0 Å². The molecule has 6 nitrogen and oxygen atoms in total. The van der Waals surface area contributed by atoms with Crippen LogP contribution in [0.1, 0.15) is 24.2 Å². The second kappa shape index (κ2) is 8.38. The molecule has 3 aromatic rings. The zero-order valence-electron chi connectivity index (χ0n) is 16.0. The summed E-state index contributed by atoms with van der Waals surface area (Å²) in [7, 11) is -1.84. The Labute approximate surface area is 168 Å². The number of para-hydroxylation sites is 1. The molecule has 0 spiro atoms. The normalized spacial score (nSPS) is 12.8. The molecule has 28 heavy (non-hydrogen) atoms. The molecule has 0 saturated carbocycles. The summed E-state index contributed by atoms with van der Waals surface area (Å²) in [4.78, 5) is 17.7. The van der Waals surface area contributed by atoms with Gasteiger partial charge in [-0.15, -0.1) is 0 Å². The van der Waals surface area contributed by atoms with Crippen molar-refractivity contribution in [2.75, 3.05) is 13.7 Å². The highest BCUT2D eigenvalue weighted by molar-refractivity contribution is 7.92. The fraction of sp³-hybridized carbons (Fsp3) is 0.300. The molecule has 8 heteroatoms. The minimum Gasteiger partial charge on any atom is -0.383 e. The van der Waals surface area contributed by atoms with Crippen molar-refractivity contribution >= 4 is 37.3 Å². The van der Waals surface area contributed by atoms with E-state index < -0.39 is 21.0 Å². The van der Waals surface area contributed by atoms with Crippen molar-refractivity contribution in [3.05, 3.63) is 58.9 Å². The number of hydrogen-bond acceptors (Lipinski definition) is 5. The molecule has 0 N–H and O–H groups in total. The summed E-state index contributed by atoms with van der Waals surface area (Å²) >= 11 is 1.41. The van der Waals surface area contributed by atoms with E-state index in [2.05, 4.69) is 4.99 Å². The van der Waals surface area contributed by atoms with E-state index in [0.717, 1.165) is 10.2 Å². The van der Waals surface area contributed by atoms with Gasteiger partial charge < -0.3 is 9.30 Å². The summed E-state index contributed by atoms with van der Waals surface area (Å²) in [6.45, 7) is 4.28. The van der Waals surface area contributed by atoms with E-state index in [1.807, 2.05) is 28.8 Å². The number of ether oxygens (including phenoxy) is 1. The van der Waals surface area contributed by atoms with Crippen LogP contribution in [-0.2, 0) is 21.1 Å². The van der Waals surface area contributed by atoms with Gasteiger partial charge >= 0.3 is 0 Å². The van der Waals surface area contributed by atoms with Crippen LogP contribution in [0, 0.1) is 0 Å². The van der Waals surface area contributed by atoms with Gasteiger partial charge in [0.2, 0.25) is 0 Å². The Bertz CT molecular complexity index is 1170. The van der Waals surface area contributed by atoms with Crippen molar-refractivity contribution in [1.82, 2.24) is 4.57 Å². The molecule has 0 aliphatic heterocycles. The Morgan fingerprint density at radius 3 is 2.64 bits per heavy atom. The lowest BCUT2D eigenvalue weighted by Gasteiger charge is -2.08. The van der Waals surface area contributed by atoms with Crippen molar-refractivity contribution in [2.24, 2.45) is 4.99 Å². The molecule has 0 atom stereocenters. The number of carbonyl (C=O) groups is 1. The Kier molecular flexibility index (Phi) is 6.12. The van der Waals surface area contributed by atoms with Crippen LogP contribution in [0.25, 0.3) is 10.2 Å². The number of fused-ring (bicyclic) bond motifs is 1. The van der Waals surface area contributed by atoms with Crippen LogP contribution in [0.5, 0.6) is 0 Å². The van der Waals surface area contributed by atoms with Crippen LogP contribution < -0.4 is 4.80 Å². The average molecular weight is 419 g/mol. The third-order valence-corrected chi connectivity index (χ3v) is 7.55. The summed E-state index contributed by atoms with van der Waals surface area (Å²) in [5.74, 6) is -0.474. The van der Waals surface area contributed by atoms with Gasteiger partial charge in [-0.1, -0.05) is 29.5 Å². The lowest BCUT2D eigenvalue weighted by Crippen LogP contribution is -2.19. The van der Waals surface area contributed by atoms with Gasteiger partial charge in [0.05, 0.1) is 27.0 Å². The second-order valence-corrected chi connectivity index (χ2v) is 10.0. The minimum atomic E-state index is -3.46. The first-order chi connectivity index (χ1) is 13.3. The number of thiazole rings is 1. The summed E-state index contributed by atoms with van der Waals surface area (Å²) in [6.07, 6.45) is 0. The zero-order chi connectivity index (χ0) is 20.3. The molecule has 1 aromatic heterocycles. The Balaban J connectivity index is 2.06. The SMILES string of the molecule is COCCn1c(=NC(=O)c2cccc(S(=O)(=O)C(C)C)c2)sc2ccccc21. The van der Waals surface area contributed by atoms with Gasteiger partial charge in [0.15, 0.2) is 14.6 Å². The molecule has 148 valence electrons. The summed E-state index contributed by atoms with van der Waals surface area (Å²) in [6, 6.07) is 13.9. The maximum atomic E-state index is 12.8. The van der Waals surface area contributed by atoms with Crippen LogP contribution in [0.3, 0.4) is 0 Å². The minimum absolute atomic E-state index is 0.132. The van der Waals surface area contributed by atoms with Gasteiger partial charge in [-0.25, -0.2) is 8.42 Å². The van der Waals surface area contributed by atoms with Gasteiger partial charge in [0, 0.05) is 19.2 Å². The second-order valence-electron chi connectivity index (χ2n) is 6.54. The van der Waals surface area contributed by atoms with Crippen molar-refractivity contribution in [3.8, 4) is 0 Å². The maximum Gasteiger partial charge on any atom is 0.279 e. The van der Waals surface area contributed by atoms with E-state index in [4.69, 9.17) is 4.74 Å². The molecular formula is C20H22N2O4S2. The number of hydrogen-bond donors (Lipinski definition) is 0. The Morgan fingerprint density at radius 1 is 1.18 bits per heavy atom. The largest absolute Gasteiger partial charge is 0.383 e. The van der Waals surface area contributed by atoms with Crippen LogP contribution in [0.15, 0.2) is 58.4 Å². The number of aromatic nitrogens is 1. The van der Waals surface area contributed by atoms with E-state index >= 15 is 0 Å². The molecule has 0 fully saturated rings. The summed E-state index contributed by atoms with van der Waals surface area (Å²) < 4.78 is 32.9. The van der Waals surface area contributed by atoms with Crippen molar-refractivity contribution < 1.29 is 17.9 Å². The molecule has 0 aliphatic carbocycles. The van der Waals surface area contributed by atoms with E-state index in [9.17, 15) is 13.2 Å². The predicted molar refractivity (Wildman–Crippen MR) is 110 cm³/mol. The average Bonchev–Trinajstić information content (AvgIpc) is 3.03. The number of benzene rings is 2. The summed E-state index contributed by atoms with van der Waals surface area (Å²) in [5.41, 5.74) is 1.23. The monoisotopic (exact) mass is 418 g/mol. The van der Waals surface area contributed by atoms with Crippen LogP contribution in [0.4, 0.5) is 0 Å². The molecule has 0 saturated heterocycles. The van der Waals surface area contributed by atoms with Crippen molar-refractivity contribution in [3.63, 3.8) is 0 Å². The number of rotatable bonds is 6. The third-order valence-electron chi connectivity index (χ3n) is 4.33. The first-order valence-electron chi connectivity index (χ1n) is 8.85. The molecule has 0 unspecified atom stereocenters. The van der Waals surface area contributed by atoms with Gasteiger partial charge in [-0.2, -0.15) is 4.99 Å². The van der Waals surface area contributed by atoms with Gasteiger partial charge in [0.25, 0.3) is 5.91 Å². The van der Waals surface area contributed by atoms with E-state index in [1.165, 1.54) is 23.5 Å². The van der Waals surface area contributed by atoms with Gasteiger partial charge in [-0.3, -0.25) is 4.79 Å². The number of methoxy groups -OCH3 is 1. The fourth-order valence-corrected chi connectivity index (χ4v) is 4.89. The fourth-order valence-electron chi connectivity index (χ4n) is 2.73. The van der Waals surface area contributed by atoms with Crippen LogP contribution >= 0.6 is 11.3 Å². The molecule has 3 rings (SSSR count). The number of carbonyl (C=O) groups excluding carboxylic acids is 1. The molecule has 0 radical (unpaired) electrons. The molecule has 0 aliphatic rings. The van der Waals surface area contributed by atoms with Crippen molar-refractivity contribution in [2.45, 2.75) is 30.5 Å². The zero-order valence-corrected chi connectivity index (χ0v) is 17.6. The maximum absolute atomic E-state index is 12.8. The molecule has 2 aromatic carbocycles. The number of amides is 1. The summed E-state index contributed by atoms with van der Waals surface area (Å²) in [5, 5.41) is -0.561. The first-order valence-corrected chi connectivity index (χ1v) is 11.2. The topological polar surface area (TPSA) is 77.7 Å². The molecule has 1 amide bonds.